The highest BCUT2D eigenvalue weighted by Gasteiger charge is 2.30. The van der Waals surface area contributed by atoms with E-state index in [0.29, 0.717) is 12.2 Å². The number of esters is 1. The molecule has 0 amide bonds. The minimum absolute atomic E-state index is 0.115. The molecule has 0 aliphatic carbocycles. The maximum absolute atomic E-state index is 12.6. The van der Waals surface area contributed by atoms with Gasteiger partial charge in [-0.25, -0.2) is 0 Å². The molecule has 0 aliphatic rings. The first-order chi connectivity index (χ1) is 11.8. The number of aromatic amines is 1. The fourth-order valence-corrected chi connectivity index (χ4v) is 3.02. The average molecular weight is 409 g/mol. The van der Waals surface area contributed by atoms with Gasteiger partial charge in [0.2, 0.25) is 0 Å². The van der Waals surface area contributed by atoms with Crippen molar-refractivity contribution in [1.82, 2.24) is 20.6 Å². The van der Waals surface area contributed by atoms with E-state index in [1.165, 1.54) is 0 Å². The molecule has 1 aromatic heterocycles. The van der Waals surface area contributed by atoms with E-state index in [0.717, 1.165) is 22.9 Å². The molecule has 0 bridgehead atoms. The van der Waals surface area contributed by atoms with Crippen LogP contribution in [0.4, 0.5) is 0 Å². The largest absolute Gasteiger partial charge is 0.460 e. The summed E-state index contributed by atoms with van der Waals surface area (Å²) < 4.78 is 6.62. The van der Waals surface area contributed by atoms with Crippen LogP contribution in [0.15, 0.2) is 28.7 Å². The monoisotopic (exact) mass is 408 g/mol. The van der Waals surface area contributed by atoms with Crippen LogP contribution in [0.3, 0.4) is 0 Å². The Kier molecular flexibility index (Phi) is 6.70. The lowest BCUT2D eigenvalue weighted by atomic mass is 9.86. The van der Waals surface area contributed by atoms with Crippen molar-refractivity contribution in [3.8, 4) is 0 Å². The number of nitrogens with zero attached hydrogens (tertiary/aromatic N) is 3. The Morgan fingerprint density at radius 3 is 2.48 bits per heavy atom. The molecule has 1 heterocycles. The zero-order valence-electron chi connectivity index (χ0n) is 15.1. The third kappa shape index (κ3) is 5.92. The van der Waals surface area contributed by atoms with E-state index in [1.54, 1.807) is 0 Å². The lowest BCUT2D eigenvalue weighted by Crippen LogP contribution is -2.30. The smallest absolute Gasteiger partial charge is 0.309 e. The Morgan fingerprint density at radius 2 is 1.96 bits per heavy atom. The Morgan fingerprint density at radius 1 is 1.28 bits per heavy atom. The van der Waals surface area contributed by atoms with Gasteiger partial charge in [-0.3, -0.25) is 4.79 Å². The summed E-state index contributed by atoms with van der Waals surface area (Å²) in [4.78, 5) is 12.6. The van der Waals surface area contributed by atoms with Gasteiger partial charge in [-0.15, -0.1) is 10.2 Å². The minimum Gasteiger partial charge on any atom is -0.460 e. The van der Waals surface area contributed by atoms with E-state index in [9.17, 15) is 4.79 Å². The molecule has 0 aliphatic heterocycles. The number of tetrazole rings is 1. The number of H-pyrrole nitrogens is 1. The van der Waals surface area contributed by atoms with Crippen molar-refractivity contribution in [2.45, 2.75) is 58.5 Å². The van der Waals surface area contributed by atoms with E-state index < -0.39 is 5.60 Å². The van der Waals surface area contributed by atoms with E-state index in [1.807, 2.05) is 45.0 Å². The van der Waals surface area contributed by atoms with Gasteiger partial charge in [0, 0.05) is 10.4 Å². The number of ether oxygens (including phenoxy) is 1. The summed E-state index contributed by atoms with van der Waals surface area (Å²) in [6.07, 6.45) is 2.26. The summed E-state index contributed by atoms with van der Waals surface area (Å²) >= 11 is 3.45. The first-order valence-corrected chi connectivity index (χ1v) is 9.31. The van der Waals surface area contributed by atoms with Crippen LogP contribution in [0.5, 0.6) is 0 Å². The van der Waals surface area contributed by atoms with Crippen LogP contribution < -0.4 is 0 Å². The zero-order valence-corrected chi connectivity index (χ0v) is 16.7. The summed E-state index contributed by atoms with van der Waals surface area (Å²) in [6.45, 7) is 7.73. The summed E-state index contributed by atoms with van der Waals surface area (Å²) in [6, 6.07) is 7.99. The molecule has 1 N–H and O–H groups in total. The van der Waals surface area contributed by atoms with Crippen molar-refractivity contribution in [3.05, 3.63) is 40.1 Å². The van der Waals surface area contributed by atoms with Crippen LogP contribution in [0.1, 0.15) is 64.3 Å². The van der Waals surface area contributed by atoms with Gasteiger partial charge in [0.25, 0.3) is 0 Å². The third-order valence-electron chi connectivity index (χ3n) is 3.84. The molecule has 0 fully saturated rings. The van der Waals surface area contributed by atoms with Crippen LogP contribution in [0.2, 0.25) is 0 Å². The molecule has 0 saturated heterocycles. The normalized spacial score (nSPS) is 14.1. The fourth-order valence-electron chi connectivity index (χ4n) is 2.75. The lowest BCUT2D eigenvalue weighted by molar-refractivity contribution is -0.160. The van der Waals surface area contributed by atoms with E-state index in [2.05, 4.69) is 43.5 Å². The van der Waals surface area contributed by atoms with Gasteiger partial charge < -0.3 is 4.74 Å². The second-order valence-electron chi connectivity index (χ2n) is 7.13. The molecule has 6 nitrogen and oxygen atoms in total. The first-order valence-electron chi connectivity index (χ1n) is 8.52. The SMILES string of the molecule is CCCC(C[C@@H](c1ccc(Br)cc1)c1nn[nH]n1)C(=O)OC(C)(C)C. The average Bonchev–Trinajstić information content (AvgIpc) is 3.05. The molecule has 2 rings (SSSR count). The number of halogens is 1. The van der Waals surface area contributed by atoms with Crippen molar-refractivity contribution < 1.29 is 9.53 Å². The van der Waals surface area contributed by atoms with Crippen molar-refractivity contribution in [3.63, 3.8) is 0 Å². The molecular formula is C18H25BrN4O2. The molecule has 0 radical (unpaired) electrons. The lowest BCUT2D eigenvalue weighted by Gasteiger charge is -2.26. The number of aromatic nitrogens is 4. The molecule has 2 atom stereocenters. The molecule has 0 saturated carbocycles. The molecule has 136 valence electrons. The second-order valence-corrected chi connectivity index (χ2v) is 8.04. The van der Waals surface area contributed by atoms with Crippen LogP contribution in [0, 0.1) is 5.92 Å². The molecule has 1 aromatic carbocycles. The standard InChI is InChI=1S/C18H25BrN4O2/c1-5-6-13(17(24)25-18(2,3)4)11-15(16-20-22-23-21-16)12-7-9-14(19)10-8-12/h7-10,13,15H,5-6,11H2,1-4H3,(H,20,21,22,23)/t13?,15-/m0/s1. The van der Waals surface area contributed by atoms with Crippen LogP contribution >= 0.6 is 15.9 Å². The summed E-state index contributed by atoms with van der Waals surface area (Å²) in [7, 11) is 0. The number of benzene rings is 1. The predicted octanol–water partition coefficient (Wildman–Crippen LogP) is 4.24. The van der Waals surface area contributed by atoms with Gasteiger partial charge in [0.15, 0.2) is 5.82 Å². The van der Waals surface area contributed by atoms with E-state index >= 15 is 0 Å². The van der Waals surface area contributed by atoms with Gasteiger partial charge >= 0.3 is 5.97 Å². The van der Waals surface area contributed by atoms with E-state index in [-0.39, 0.29) is 17.8 Å². The Labute approximate surface area is 156 Å². The molecule has 7 heteroatoms. The van der Waals surface area contributed by atoms with Gasteiger partial charge in [-0.2, -0.15) is 5.21 Å². The number of hydrogen-bond acceptors (Lipinski definition) is 5. The Hall–Kier alpha value is -1.76. The van der Waals surface area contributed by atoms with Crippen LogP contribution in [0.25, 0.3) is 0 Å². The predicted molar refractivity (Wildman–Crippen MR) is 99.0 cm³/mol. The minimum atomic E-state index is -0.498. The molecule has 0 spiro atoms. The number of hydrogen-bond donors (Lipinski definition) is 1. The Bertz CT molecular complexity index is 665. The number of carbonyl (C=O) groups excluding carboxylic acids is 1. The molecule has 2 aromatic rings. The second kappa shape index (κ2) is 8.56. The molecule has 25 heavy (non-hydrogen) atoms. The first kappa shape index (κ1) is 19.6. The highest BCUT2D eigenvalue weighted by Crippen LogP contribution is 2.32. The van der Waals surface area contributed by atoms with Gasteiger partial charge in [-0.1, -0.05) is 46.6 Å². The topological polar surface area (TPSA) is 80.8 Å². The third-order valence-corrected chi connectivity index (χ3v) is 4.37. The number of rotatable bonds is 7. The van der Waals surface area contributed by atoms with Crippen molar-refractivity contribution in [1.29, 1.82) is 0 Å². The zero-order chi connectivity index (χ0) is 18.4. The maximum atomic E-state index is 12.6. The maximum Gasteiger partial charge on any atom is 0.309 e. The highest BCUT2D eigenvalue weighted by atomic mass is 79.9. The molecule has 1 unspecified atom stereocenters. The highest BCUT2D eigenvalue weighted by molar-refractivity contribution is 9.10. The van der Waals surface area contributed by atoms with Crippen LogP contribution in [-0.4, -0.2) is 32.2 Å². The molecular weight excluding hydrogens is 384 g/mol. The number of nitrogens with one attached hydrogen (secondary N) is 1. The van der Waals surface area contributed by atoms with Crippen LogP contribution in [-0.2, 0) is 9.53 Å². The van der Waals surface area contributed by atoms with Crippen molar-refractivity contribution in [2.75, 3.05) is 0 Å². The summed E-state index contributed by atoms with van der Waals surface area (Å²) in [5.74, 6) is 0.0965. The van der Waals surface area contributed by atoms with E-state index in [4.69, 9.17) is 4.74 Å². The van der Waals surface area contributed by atoms with Crippen molar-refractivity contribution >= 4 is 21.9 Å². The quantitative estimate of drug-likeness (QED) is 0.692. The summed E-state index contributed by atoms with van der Waals surface area (Å²) in [5, 5.41) is 14.5. The fraction of sp³-hybridized carbons (Fsp3) is 0.556. The van der Waals surface area contributed by atoms with Crippen molar-refractivity contribution in [2.24, 2.45) is 5.92 Å². The summed E-state index contributed by atoms with van der Waals surface area (Å²) in [5.41, 5.74) is 0.553. The van der Waals surface area contributed by atoms with Gasteiger partial charge in [-0.05, 0) is 51.3 Å². The number of carbonyl (C=O) groups is 1. The van der Waals surface area contributed by atoms with Gasteiger partial charge in [0.1, 0.15) is 5.60 Å². The Balaban J connectivity index is 2.26. The van der Waals surface area contributed by atoms with Gasteiger partial charge in [0.05, 0.1) is 5.92 Å².